The zero-order valence-electron chi connectivity index (χ0n) is 20.4. The van der Waals surface area contributed by atoms with Crippen molar-refractivity contribution in [1.82, 2.24) is 14.3 Å². The predicted octanol–water partition coefficient (Wildman–Crippen LogP) is 3.97. The minimum Gasteiger partial charge on any atom is -0.454 e. The molecule has 2 N–H and O–H groups in total. The first-order chi connectivity index (χ1) is 19.0. The maximum Gasteiger partial charge on any atom is 0.267 e. The number of aliphatic hydroxyl groups is 1. The smallest absolute Gasteiger partial charge is 0.267 e. The van der Waals surface area contributed by atoms with Crippen molar-refractivity contribution in [3.05, 3.63) is 105 Å². The predicted molar refractivity (Wildman–Crippen MR) is 153 cm³/mol. The van der Waals surface area contributed by atoms with E-state index < -0.39 is 6.10 Å². The Labute approximate surface area is 232 Å². The Morgan fingerprint density at radius 3 is 2.72 bits per heavy atom. The van der Waals surface area contributed by atoms with E-state index in [4.69, 9.17) is 21.7 Å². The van der Waals surface area contributed by atoms with Crippen LogP contribution in [0.4, 0.5) is 5.82 Å². The van der Waals surface area contributed by atoms with Gasteiger partial charge in [0.1, 0.15) is 15.8 Å². The van der Waals surface area contributed by atoms with Crippen LogP contribution in [-0.4, -0.2) is 43.0 Å². The summed E-state index contributed by atoms with van der Waals surface area (Å²) in [5.74, 6) is 1.24. The van der Waals surface area contributed by atoms with Gasteiger partial charge in [0.05, 0.1) is 23.1 Å². The molecule has 4 aromatic rings. The summed E-state index contributed by atoms with van der Waals surface area (Å²) >= 11 is 6.64. The Morgan fingerprint density at radius 2 is 1.87 bits per heavy atom. The molecule has 2 aliphatic rings. The molecule has 39 heavy (non-hydrogen) atoms. The van der Waals surface area contributed by atoms with Gasteiger partial charge in [-0.1, -0.05) is 66.4 Å². The number of nitrogens with one attached hydrogen (secondary N) is 1. The fourth-order valence-electron chi connectivity index (χ4n) is 4.34. The first kappa shape index (κ1) is 25.1. The maximum atomic E-state index is 13.5. The van der Waals surface area contributed by atoms with E-state index >= 15 is 0 Å². The second-order valence-electron chi connectivity index (χ2n) is 8.87. The SMILES string of the molecule is O=C1/C(=C/c2c(NCC(O)c3ccccc3)nc3ccccn3c2=O)SC(=S)N1Cc1ccc2c(c1)OCO2. The molecule has 0 bridgehead atoms. The number of benzene rings is 2. The Bertz CT molecular complexity index is 1690. The highest BCUT2D eigenvalue weighted by Crippen LogP contribution is 2.36. The lowest BCUT2D eigenvalue weighted by Crippen LogP contribution is -2.27. The molecule has 1 saturated heterocycles. The van der Waals surface area contributed by atoms with Crippen molar-refractivity contribution >= 4 is 51.7 Å². The van der Waals surface area contributed by atoms with E-state index in [1.165, 1.54) is 15.4 Å². The summed E-state index contributed by atoms with van der Waals surface area (Å²) in [6, 6.07) is 19.9. The Hall–Kier alpha value is -4.19. The first-order valence-corrected chi connectivity index (χ1v) is 13.3. The molecule has 0 saturated carbocycles. The Morgan fingerprint density at radius 1 is 1.08 bits per heavy atom. The third-order valence-electron chi connectivity index (χ3n) is 6.34. The number of fused-ring (bicyclic) bond motifs is 2. The first-order valence-electron chi connectivity index (χ1n) is 12.1. The quantitative estimate of drug-likeness (QED) is 0.258. The standard InChI is InChI=1S/C28H22N4O5S2/c33-20(18-6-2-1-3-7-18)14-29-25-19(26(34)31-11-5-4-8-24(31)30-25)13-23-27(35)32(28(38)39-23)15-17-9-10-21-22(12-17)37-16-36-21/h1-13,20,29,33H,14-16H2/b23-13-. The van der Waals surface area contributed by atoms with E-state index in [0.717, 1.165) is 22.9 Å². The second-order valence-corrected chi connectivity index (χ2v) is 10.5. The third kappa shape index (κ3) is 4.99. The highest BCUT2D eigenvalue weighted by molar-refractivity contribution is 8.26. The van der Waals surface area contributed by atoms with E-state index in [9.17, 15) is 14.7 Å². The number of aliphatic hydroxyl groups excluding tert-OH is 1. The number of pyridine rings is 1. The number of nitrogens with zero attached hydrogens (tertiary/aromatic N) is 3. The number of amides is 1. The van der Waals surface area contributed by atoms with Crippen molar-refractivity contribution in [3.63, 3.8) is 0 Å². The zero-order chi connectivity index (χ0) is 26.9. The maximum absolute atomic E-state index is 13.5. The average Bonchev–Trinajstić information content (AvgIpc) is 3.53. The second kappa shape index (κ2) is 10.5. The van der Waals surface area contributed by atoms with Crippen molar-refractivity contribution in [2.45, 2.75) is 12.6 Å². The van der Waals surface area contributed by atoms with E-state index in [1.807, 2.05) is 42.5 Å². The summed E-state index contributed by atoms with van der Waals surface area (Å²) in [7, 11) is 0. The molecule has 2 aliphatic heterocycles. The van der Waals surface area contributed by atoms with Gasteiger partial charge in [-0.05, 0) is 41.5 Å². The van der Waals surface area contributed by atoms with Gasteiger partial charge in [-0.25, -0.2) is 4.98 Å². The number of ether oxygens (including phenoxy) is 2. The van der Waals surface area contributed by atoms with Crippen LogP contribution in [0.1, 0.15) is 22.8 Å². The zero-order valence-corrected chi connectivity index (χ0v) is 22.1. The monoisotopic (exact) mass is 558 g/mol. The molecule has 0 spiro atoms. The number of rotatable bonds is 7. The van der Waals surface area contributed by atoms with Gasteiger partial charge < -0.3 is 19.9 Å². The summed E-state index contributed by atoms with van der Waals surface area (Å²) < 4.78 is 12.6. The Kier molecular flexibility index (Phi) is 6.77. The average molecular weight is 559 g/mol. The van der Waals surface area contributed by atoms with Gasteiger partial charge in [-0.3, -0.25) is 18.9 Å². The topological polar surface area (TPSA) is 105 Å². The summed E-state index contributed by atoms with van der Waals surface area (Å²) in [6.45, 7) is 0.532. The van der Waals surface area contributed by atoms with Crippen molar-refractivity contribution in [1.29, 1.82) is 0 Å². The van der Waals surface area contributed by atoms with Gasteiger partial charge in [0.15, 0.2) is 11.5 Å². The molecule has 1 unspecified atom stereocenters. The molecule has 1 amide bonds. The molecule has 4 heterocycles. The van der Waals surface area contributed by atoms with Crippen molar-refractivity contribution in [3.8, 4) is 11.5 Å². The number of thiocarbonyl (C=S) groups is 1. The third-order valence-corrected chi connectivity index (χ3v) is 7.72. The lowest BCUT2D eigenvalue weighted by atomic mass is 10.1. The fraction of sp³-hybridized carbons (Fsp3) is 0.143. The minimum atomic E-state index is -0.824. The molecule has 196 valence electrons. The highest BCUT2D eigenvalue weighted by Gasteiger charge is 2.33. The van der Waals surface area contributed by atoms with Crippen LogP contribution in [-0.2, 0) is 11.3 Å². The highest BCUT2D eigenvalue weighted by atomic mass is 32.2. The number of thioether (sulfide) groups is 1. The molecule has 0 radical (unpaired) electrons. The fourth-order valence-corrected chi connectivity index (χ4v) is 5.58. The normalized spacial score (nSPS) is 16.3. The summed E-state index contributed by atoms with van der Waals surface area (Å²) in [6.07, 6.45) is 2.32. The number of hydrogen-bond donors (Lipinski definition) is 2. The van der Waals surface area contributed by atoms with E-state index in [2.05, 4.69) is 10.3 Å². The summed E-state index contributed by atoms with van der Waals surface area (Å²) in [5.41, 5.74) is 1.85. The van der Waals surface area contributed by atoms with E-state index in [-0.39, 0.29) is 42.7 Å². The molecule has 0 aliphatic carbocycles. The molecule has 11 heteroatoms. The van der Waals surface area contributed by atoms with Gasteiger partial charge in [0, 0.05) is 12.7 Å². The summed E-state index contributed by atoms with van der Waals surface area (Å²) in [4.78, 5) is 33.3. The number of carbonyl (C=O) groups is 1. The molecule has 2 aromatic carbocycles. The molecule has 9 nitrogen and oxygen atoms in total. The molecular formula is C28H22N4O5S2. The van der Waals surface area contributed by atoms with Crippen LogP contribution in [0.5, 0.6) is 11.5 Å². The number of aromatic nitrogens is 2. The van der Waals surface area contributed by atoms with Gasteiger partial charge >= 0.3 is 0 Å². The number of carbonyl (C=O) groups excluding carboxylic acids is 1. The van der Waals surface area contributed by atoms with Crippen LogP contribution < -0.4 is 20.3 Å². The van der Waals surface area contributed by atoms with Crippen LogP contribution in [0.15, 0.2) is 82.6 Å². The summed E-state index contributed by atoms with van der Waals surface area (Å²) in [5, 5.41) is 13.8. The van der Waals surface area contributed by atoms with Crippen molar-refractivity contribution in [2.75, 3.05) is 18.7 Å². The molecule has 1 fully saturated rings. The molecule has 6 rings (SSSR count). The van der Waals surface area contributed by atoms with Gasteiger partial charge in [0.2, 0.25) is 6.79 Å². The van der Waals surface area contributed by atoms with Crippen LogP contribution in [0.3, 0.4) is 0 Å². The van der Waals surface area contributed by atoms with Gasteiger partial charge in [0.25, 0.3) is 11.5 Å². The number of hydrogen-bond acceptors (Lipinski definition) is 9. The van der Waals surface area contributed by atoms with Crippen LogP contribution in [0, 0.1) is 0 Å². The van der Waals surface area contributed by atoms with E-state index in [0.29, 0.717) is 26.4 Å². The van der Waals surface area contributed by atoms with Crippen LogP contribution in [0.2, 0.25) is 0 Å². The van der Waals surface area contributed by atoms with Crippen LogP contribution in [0.25, 0.3) is 11.7 Å². The molecule has 2 aromatic heterocycles. The van der Waals surface area contributed by atoms with Gasteiger partial charge in [-0.2, -0.15) is 0 Å². The van der Waals surface area contributed by atoms with Crippen molar-refractivity contribution in [2.24, 2.45) is 0 Å². The van der Waals surface area contributed by atoms with Crippen LogP contribution >= 0.6 is 24.0 Å². The lowest BCUT2D eigenvalue weighted by molar-refractivity contribution is -0.122. The Balaban J connectivity index is 1.31. The lowest BCUT2D eigenvalue weighted by Gasteiger charge is -2.15. The van der Waals surface area contributed by atoms with E-state index in [1.54, 1.807) is 30.5 Å². The molecular weight excluding hydrogens is 536 g/mol. The number of anilines is 1. The largest absolute Gasteiger partial charge is 0.454 e. The minimum absolute atomic E-state index is 0.116. The van der Waals surface area contributed by atoms with Crippen molar-refractivity contribution < 1.29 is 19.4 Å². The molecule has 1 atom stereocenters. The van der Waals surface area contributed by atoms with Gasteiger partial charge in [-0.15, -0.1) is 0 Å².